The number of hydrogen-bond acceptors (Lipinski definition) is 7. The summed E-state index contributed by atoms with van der Waals surface area (Å²) < 4.78 is 10.5. The van der Waals surface area contributed by atoms with Crippen LogP contribution in [0.5, 0.6) is 0 Å². The Bertz CT molecular complexity index is 1110. The third-order valence-electron chi connectivity index (χ3n) is 4.26. The number of rotatable bonds is 7. The Morgan fingerprint density at radius 3 is 2.32 bits per heavy atom. The number of hydrogen-bond donors (Lipinski definition) is 3. The Morgan fingerprint density at radius 1 is 0.971 bits per heavy atom. The van der Waals surface area contributed by atoms with Crippen LogP contribution in [0.2, 0.25) is 0 Å². The number of alkyl carbamates (subject to hydrolysis) is 1. The van der Waals surface area contributed by atoms with Gasteiger partial charge in [-0.1, -0.05) is 36.4 Å². The van der Waals surface area contributed by atoms with Crippen LogP contribution >= 0.6 is 11.3 Å². The number of benzene rings is 2. The van der Waals surface area contributed by atoms with Crippen LogP contribution in [0.4, 0.5) is 21.0 Å². The zero-order chi connectivity index (χ0) is 24.6. The maximum absolute atomic E-state index is 13.1. The Balaban J connectivity index is 1.66. The molecule has 3 rings (SSSR count). The van der Waals surface area contributed by atoms with Gasteiger partial charge in [0.1, 0.15) is 18.2 Å². The highest BCUT2D eigenvalue weighted by Crippen LogP contribution is 2.20. The van der Waals surface area contributed by atoms with E-state index in [-0.39, 0.29) is 6.61 Å². The molecule has 3 N–H and O–H groups in total. The van der Waals surface area contributed by atoms with E-state index in [2.05, 4.69) is 20.9 Å². The molecule has 1 aromatic heterocycles. The van der Waals surface area contributed by atoms with E-state index >= 15 is 0 Å². The molecule has 2 aromatic carbocycles. The number of carbonyl (C=O) groups is 3. The zero-order valence-corrected chi connectivity index (χ0v) is 19.8. The number of anilines is 2. The Hall–Kier alpha value is -3.92. The van der Waals surface area contributed by atoms with E-state index in [9.17, 15) is 14.4 Å². The maximum atomic E-state index is 13.1. The molecule has 0 saturated carbocycles. The molecule has 0 bridgehead atoms. The fraction of sp³-hybridized carbons (Fsp3) is 0.250. The molecule has 0 aliphatic rings. The van der Waals surface area contributed by atoms with Gasteiger partial charge in [0.15, 0.2) is 0 Å². The highest BCUT2D eigenvalue weighted by Gasteiger charge is 2.26. The smallest absolute Gasteiger partial charge is 0.411 e. The van der Waals surface area contributed by atoms with Crippen molar-refractivity contribution in [3.63, 3.8) is 0 Å². The summed E-state index contributed by atoms with van der Waals surface area (Å²) in [6.45, 7) is 5.34. The molecule has 178 valence electrons. The third-order valence-corrected chi connectivity index (χ3v) is 5.01. The van der Waals surface area contributed by atoms with Crippen LogP contribution in [0, 0.1) is 0 Å². The van der Waals surface area contributed by atoms with E-state index in [0.29, 0.717) is 16.9 Å². The molecule has 3 amide bonds. The molecule has 0 saturated heterocycles. The van der Waals surface area contributed by atoms with Gasteiger partial charge in [-0.3, -0.25) is 15.1 Å². The van der Waals surface area contributed by atoms with Crippen molar-refractivity contribution < 1.29 is 23.9 Å². The van der Waals surface area contributed by atoms with E-state index in [1.807, 2.05) is 6.07 Å². The maximum Gasteiger partial charge on any atom is 0.411 e. The monoisotopic (exact) mass is 482 g/mol. The summed E-state index contributed by atoms with van der Waals surface area (Å²) in [5, 5.41) is 8.01. The summed E-state index contributed by atoms with van der Waals surface area (Å²) >= 11 is 1.39. The minimum atomic E-state index is -0.989. The fourth-order valence-corrected chi connectivity index (χ4v) is 3.37. The van der Waals surface area contributed by atoms with Crippen LogP contribution in [0.3, 0.4) is 0 Å². The molecule has 34 heavy (non-hydrogen) atoms. The van der Waals surface area contributed by atoms with Gasteiger partial charge in [-0.15, -0.1) is 11.3 Å². The molecule has 1 unspecified atom stereocenters. The standard InChI is InChI=1S/C24H26N4O5S/c1-24(2,3)33-23(31)28-20(16-8-5-4-6-9-16)21(29)26-17-10-7-11-18(12-17)27-22(30)32-14-19-13-25-15-34-19/h4-13,15,20H,14H2,1-3H3,(H,26,29)(H,27,30)(H,28,31). The lowest BCUT2D eigenvalue weighted by molar-refractivity contribution is -0.118. The minimum Gasteiger partial charge on any atom is -0.444 e. The van der Waals surface area contributed by atoms with Crippen molar-refractivity contribution in [2.45, 2.75) is 39.0 Å². The first kappa shape index (κ1) is 24.7. The number of nitrogens with one attached hydrogen (secondary N) is 3. The van der Waals surface area contributed by atoms with E-state index in [1.54, 1.807) is 81.0 Å². The van der Waals surface area contributed by atoms with Crippen molar-refractivity contribution >= 4 is 40.8 Å². The summed E-state index contributed by atoms with van der Waals surface area (Å²) in [5.41, 5.74) is 2.40. The number of nitrogens with zero attached hydrogens (tertiary/aromatic N) is 1. The van der Waals surface area contributed by atoms with Crippen LogP contribution in [0.25, 0.3) is 0 Å². The third kappa shape index (κ3) is 7.89. The van der Waals surface area contributed by atoms with Crippen LogP contribution in [0.1, 0.15) is 37.3 Å². The first-order chi connectivity index (χ1) is 16.2. The zero-order valence-electron chi connectivity index (χ0n) is 19.0. The molecule has 1 atom stereocenters. The predicted molar refractivity (Wildman–Crippen MR) is 130 cm³/mol. The predicted octanol–water partition coefficient (Wildman–Crippen LogP) is 5.10. The van der Waals surface area contributed by atoms with Crippen molar-refractivity contribution in [2.75, 3.05) is 10.6 Å². The van der Waals surface area contributed by atoms with Gasteiger partial charge in [0.25, 0.3) is 5.91 Å². The van der Waals surface area contributed by atoms with Gasteiger partial charge < -0.3 is 20.1 Å². The van der Waals surface area contributed by atoms with E-state index in [4.69, 9.17) is 9.47 Å². The summed E-state index contributed by atoms with van der Waals surface area (Å²) in [5.74, 6) is -0.470. The lowest BCUT2D eigenvalue weighted by Gasteiger charge is -2.23. The number of amides is 3. The first-order valence-corrected chi connectivity index (χ1v) is 11.3. The summed E-state index contributed by atoms with van der Waals surface area (Å²) in [6.07, 6.45) is 0.281. The SMILES string of the molecule is CC(C)(C)OC(=O)NC(C(=O)Nc1cccc(NC(=O)OCc2cncs2)c1)c1ccccc1. The van der Waals surface area contributed by atoms with Gasteiger partial charge in [-0.25, -0.2) is 9.59 Å². The number of carbonyl (C=O) groups excluding carboxylic acids is 3. The van der Waals surface area contributed by atoms with Gasteiger partial charge in [0.2, 0.25) is 0 Å². The number of aromatic nitrogens is 1. The molecule has 0 aliphatic carbocycles. The molecule has 0 spiro atoms. The van der Waals surface area contributed by atoms with Crippen molar-refractivity contribution in [3.8, 4) is 0 Å². The van der Waals surface area contributed by atoms with Crippen LogP contribution in [0.15, 0.2) is 66.3 Å². The van der Waals surface area contributed by atoms with Gasteiger partial charge >= 0.3 is 12.2 Å². The Kier molecular flexibility index (Phi) is 8.20. The second-order valence-corrected chi connectivity index (χ2v) is 9.20. The van der Waals surface area contributed by atoms with Crippen molar-refractivity contribution in [1.82, 2.24) is 10.3 Å². The topological polar surface area (TPSA) is 119 Å². The van der Waals surface area contributed by atoms with Gasteiger partial charge in [0, 0.05) is 17.6 Å². The molecule has 1 heterocycles. The molecule has 0 fully saturated rings. The molecule has 9 nitrogen and oxygen atoms in total. The van der Waals surface area contributed by atoms with Gasteiger partial charge in [-0.05, 0) is 44.5 Å². The Labute approximate surface area is 201 Å². The average Bonchev–Trinajstić information content (AvgIpc) is 3.29. The van der Waals surface area contributed by atoms with Crippen LogP contribution in [-0.2, 0) is 20.9 Å². The first-order valence-electron chi connectivity index (χ1n) is 10.5. The quantitative estimate of drug-likeness (QED) is 0.431. The summed E-state index contributed by atoms with van der Waals surface area (Å²) in [6, 6.07) is 14.4. The average molecular weight is 483 g/mol. The van der Waals surface area contributed by atoms with Gasteiger partial charge in [-0.2, -0.15) is 0 Å². The van der Waals surface area contributed by atoms with Crippen LogP contribution < -0.4 is 16.0 Å². The lowest BCUT2D eigenvalue weighted by Crippen LogP contribution is -2.40. The van der Waals surface area contributed by atoms with E-state index in [1.165, 1.54) is 11.3 Å². The molecular weight excluding hydrogens is 456 g/mol. The summed E-state index contributed by atoms with van der Waals surface area (Å²) in [4.78, 5) is 42.2. The molecule has 0 radical (unpaired) electrons. The van der Waals surface area contributed by atoms with E-state index < -0.39 is 29.7 Å². The molecular formula is C24H26N4O5S. The van der Waals surface area contributed by atoms with Crippen molar-refractivity contribution in [2.24, 2.45) is 0 Å². The number of ether oxygens (including phenoxy) is 2. The van der Waals surface area contributed by atoms with Crippen molar-refractivity contribution in [3.05, 3.63) is 76.7 Å². The second kappa shape index (κ2) is 11.3. The van der Waals surface area contributed by atoms with E-state index in [0.717, 1.165) is 4.88 Å². The van der Waals surface area contributed by atoms with Crippen molar-refractivity contribution in [1.29, 1.82) is 0 Å². The molecule has 10 heteroatoms. The molecule has 3 aromatic rings. The van der Waals surface area contributed by atoms with Gasteiger partial charge in [0.05, 0.1) is 10.4 Å². The van der Waals surface area contributed by atoms with Crippen LogP contribution in [-0.4, -0.2) is 28.7 Å². The molecule has 0 aliphatic heterocycles. The Morgan fingerprint density at radius 2 is 1.68 bits per heavy atom. The summed E-state index contributed by atoms with van der Waals surface area (Å²) in [7, 11) is 0. The fourth-order valence-electron chi connectivity index (χ4n) is 2.86. The minimum absolute atomic E-state index is 0.113. The highest BCUT2D eigenvalue weighted by molar-refractivity contribution is 7.09. The second-order valence-electron chi connectivity index (χ2n) is 8.23. The normalized spacial score (nSPS) is 11.7. The largest absolute Gasteiger partial charge is 0.444 e. The highest BCUT2D eigenvalue weighted by atomic mass is 32.1. The number of thiazole rings is 1. The lowest BCUT2D eigenvalue weighted by atomic mass is 10.1.